The maximum Gasteiger partial charge on any atom is 0.255 e. The molecule has 2 heterocycles. The number of benzene rings is 1. The number of fused-ring (bicyclic) bond motifs is 2. The second kappa shape index (κ2) is 4.86. The zero-order valence-corrected chi connectivity index (χ0v) is 12.3. The molecule has 1 aromatic rings. The van der Waals surface area contributed by atoms with E-state index in [1.54, 1.807) is 0 Å². The monoisotopic (exact) mass is 327 g/mol. The van der Waals surface area contributed by atoms with E-state index in [0.717, 1.165) is 35.7 Å². The normalized spacial score (nSPS) is 30.6. The van der Waals surface area contributed by atoms with Crippen LogP contribution >= 0.6 is 27.5 Å². The van der Waals surface area contributed by atoms with Gasteiger partial charge in [0.25, 0.3) is 5.91 Å². The van der Waals surface area contributed by atoms with Crippen LogP contribution in [0.25, 0.3) is 0 Å². The number of alkyl halides is 1. The first kappa shape index (κ1) is 12.5. The molecule has 2 aliphatic rings. The van der Waals surface area contributed by atoms with Gasteiger partial charge >= 0.3 is 0 Å². The van der Waals surface area contributed by atoms with Crippen molar-refractivity contribution in [2.75, 3.05) is 0 Å². The Morgan fingerprint density at radius 1 is 1.22 bits per heavy atom. The molecule has 2 unspecified atom stereocenters. The summed E-state index contributed by atoms with van der Waals surface area (Å²) in [5.74, 6) is 0.151. The SMILES string of the molecule is O=C(c1ccccc1Br)N1C2CCC1CC(Cl)C2. The van der Waals surface area contributed by atoms with E-state index in [4.69, 9.17) is 11.6 Å². The lowest BCUT2D eigenvalue weighted by molar-refractivity contribution is 0.0598. The van der Waals surface area contributed by atoms with Crippen molar-refractivity contribution in [2.45, 2.75) is 43.1 Å². The Morgan fingerprint density at radius 3 is 2.44 bits per heavy atom. The van der Waals surface area contributed by atoms with Crippen LogP contribution < -0.4 is 0 Å². The highest BCUT2D eigenvalue weighted by molar-refractivity contribution is 9.10. The Balaban J connectivity index is 1.88. The molecule has 2 aliphatic heterocycles. The number of nitrogens with zero attached hydrogens (tertiary/aromatic N) is 1. The molecule has 3 rings (SSSR count). The van der Waals surface area contributed by atoms with Gasteiger partial charge in [-0.25, -0.2) is 0 Å². The molecule has 18 heavy (non-hydrogen) atoms. The smallest absolute Gasteiger partial charge is 0.255 e. The lowest BCUT2D eigenvalue weighted by Crippen LogP contribution is -2.47. The highest BCUT2D eigenvalue weighted by Gasteiger charge is 2.43. The second-order valence-electron chi connectivity index (χ2n) is 5.15. The molecule has 96 valence electrons. The summed E-state index contributed by atoms with van der Waals surface area (Å²) >= 11 is 9.71. The Kier molecular flexibility index (Phi) is 3.37. The third-order valence-electron chi connectivity index (χ3n) is 4.01. The third kappa shape index (κ3) is 2.08. The van der Waals surface area contributed by atoms with E-state index >= 15 is 0 Å². The molecule has 2 bridgehead atoms. The fraction of sp³-hybridized carbons (Fsp3) is 0.500. The molecular formula is C14H15BrClNO. The Labute approximate surface area is 120 Å². The fourth-order valence-corrected chi connectivity index (χ4v) is 4.08. The van der Waals surface area contributed by atoms with Crippen molar-refractivity contribution in [3.63, 3.8) is 0 Å². The minimum atomic E-state index is 0.151. The van der Waals surface area contributed by atoms with E-state index < -0.39 is 0 Å². The summed E-state index contributed by atoms with van der Waals surface area (Å²) < 4.78 is 0.877. The van der Waals surface area contributed by atoms with Crippen molar-refractivity contribution in [2.24, 2.45) is 0 Å². The summed E-state index contributed by atoms with van der Waals surface area (Å²) in [7, 11) is 0. The van der Waals surface area contributed by atoms with Crippen LogP contribution in [0.1, 0.15) is 36.0 Å². The average molecular weight is 329 g/mol. The zero-order chi connectivity index (χ0) is 12.7. The summed E-state index contributed by atoms with van der Waals surface area (Å²) in [5.41, 5.74) is 0.766. The molecule has 2 saturated heterocycles. The van der Waals surface area contributed by atoms with Crippen molar-refractivity contribution < 1.29 is 4.79 Å². The largest absolute Gasteiger partial charge is 0.333 e. The van der Waals surface area contributed by atoms with Crippen molar-refractivity contribution in [1.82, 2.24) is 4.90 Å². The van der Waals surface area contributed by atoms with Gasteiger partial charge in [0.05, 0.1) is 5.56 Å². The molecule has 4 heteroatoms. The molecule has 0 radical (unpaired) electrons. The van der Waals surface area contributed by atoms with Gasteiger partial charge in [0.2, 0.25) is 0 Å². The molecule has 0 aliphatic carbocycles. The van der Waals surface area contributed by atoms with Gasteiger partial charge in [-0.2, -0.15) is 0 Å². The summed E-state index contributed by atoms with van der Waals surface area (Å²) in [6, 6.07) is 8.33. The first-order valence-corrected chi connectivity index (χ1v) is 7.61. The number of hydrogen-bond acceptors (Lipinski definition) is 1. The minimum Gasteiger partial charge on any atom is -0.333 e. The molecular weight excluding hydrogens is 314 g/mol. The van der Waals surface area contributed by atoms with Crippen LogP contribution in [0, 0.1) is 0 Å². The van der Waals surface area contributed by atoms with E-state index in [9.17, 15) is 4.79 Å². The van der Waals surface area contributed by atoms with E-state index in [1.807, 2.05) is 24.3 Å². The van der Waals surface area contributed by atoms with Crippen LogP contribution in [0.15, 0.2) is 28.7 Å². The lowest BCUT2D eigenvalue weighted by atomic mass is 10.0. The summed E-state index contributed by atoms with van der Waals surface area (Å²) in [4.78, 5) is 14.7. The molecule has 2 atom stereocenters. The van der Waals surface area contributed by atoms with Crippen LogP contribution in [0.5, 0.6) is 0 Å². The number of halogens is 2. The second-order valence-corrected chi connectivity index (χ2v) is 6.62. The molecule has 2 nitrogen and oxygen atoms in total. The standard InChI is InChI=1S/C14H15BrClNO/c15-13-4-2-1-3-12(13)14(18)17-10-5-6-11(17)8-9(16)7-10/h1-4,9-11H,5-8H2. The van der Waals surface area contributed by atoms with E-state index in [1.165, 1.54) is 0 Å². The third-order valence-corrected chi connectivity index (χ3v) is 5.06. The zero-order valence-electron chi connectivity index (χ0n) is 9.98. The quantitative estimate of drug-likeness (QED) is 0.718. The topological polar surface area (TPSA) is 20.3 Å². The molecule has 0 N–H and O–H groups in total. The van der Waals surface area contributed by atoms with E-state index in [2.05, 4.69) is 20.8 Å². The summed E-state index contributed by atoms with van der Waals surface area (Å²) in [5, 5.41) is 0.241. The number of amides is 1. The van der Waals surface area contributed by atoms with Gasteiger partial charge in [-0.1, -0.05) is 12.1 Å². The summed E-state index contributed by atoms with van der Waals surface area (Å²) in [6.45, 7) is 0. The van der Waals surface area contributed by atoms with E-state index in [-0.39, 0.29) is 11.3 Å². The van der Waals surface area contributed by atoms with Gasteiger partial charge < -0.3 is 4.90 Å². The van der Waals surface area contributed by atoms with Crippen LogP contribution in [-0.4, -0.2) is 28.3 Å². The van der Waals surface area contributed by atoms with Crippen molar-refractivity contribution >= 4 is 33.4 Å². The molecule has 1 aromatic carbocycles. The number of piperidine rings is 1. The molecule has 0 spiro atoms. The van der Waals surface area contributed by atoms with Gasteiger partial charge in [0, 0.05) is 21.9 Å². The first-order valence-electron chi connectivity index (χ1n) is 6.38. The van der Waals surface area contributed by atoms with Crippen LogP contribution in [0.3, 0.4) is 0 Å². The van der Waals surface area contributed by atoms with Crippen LogP contribution in [0.2, 0.25) is 0 Å². The predicted octanol–water partition coefficient (Wildman–Crippen LogP) is 3.82. The number of carbonyl (C=O) groups is 1. The van der Waals surface area contributed by atoms with Gasteiger partial charge in [0.15, 0.2) is 0 Å². The van der Waals surface area contributed by atoms with E-state index in [0.29, 0.717) is 12.1 Å². The fourth-order valence-electron chi connectivity index (χ4n) is 3.22. The van der Waals surface area contributed by atoms with Gasteiger partial charge in [-0.05, 0) is 53.7 Å². The molecule has 0 aromatic heterocycles. The van der Waals surface area contributed by atoms with Crippen LogP contribution in [-0.2, 0) is 0 Å². The van der Waals surface area contributed by atoms with Crippen molar-refractivity contribution in [1.29, 1.82) is 0 Å². The van der Waals surface area contributed by atoms with Gasteiger partial charge in [-0.15, -0.1) is 11.6 Å². The minimum absolute atomic E-state index is 0.151. The Hall–Kier alpha value is -0.540. The van der Waals surface area contributed by atoms with Crippen molar-refractivity contribution in [3.8, 4) is 0 Å². The summed E-state index contributed by atoms with van der Waals surface area (Å²) in [6.07, 6.45) is 4.08. The Morgan fingerprint density at radius 2 is 1.83 bits per heavy atom. The maximum atomic E-state index is 12.6. The van der Waals surface area contributed by atoms with Gasteiger partial charge in [-0.3, -0.25) is 4.79 Å². The highest BCUT2D eigenvalue weighted by atomic mass is 79.9. The average Bonchev–Trinajstić information content (AvgIpc) is 2.61. The maximum absolute atomic E-state index is 12.6. The molecule has 0 saturated carbocycles. The molecule has 2 fully saturated rings. The highest BCUT2D eigenvalue weighted by Crippen LogP contribution is 2.39. The van der Waals surface area contributed by atoms with Gasteiger partial charge in [0.1, 0.15) is 0 Å². The number of rotatable bonds is 1. The number of carbonyl (C=O) groups excluding carboxylic acids is 1. The predicted molar refractivity (Wildman–Crippen MR) is 76.0 cm³/mol. The first-order chi connectivity index (χ1) is 8.66. The molecule has 1 amide bonds. The Bertz CT molecular complexity index is 465. The number of hydrogen-bond donors (Lipinski definition) is 0. The lowest BCUT2D eigenvalue weighted by Gasteiger charge is -2.37. The van der Waals surface area contributed by atoms with Crippen molar-refractivity contribution in [3.05, 3.63) is 34.3 Å². The van der Waals surface area contributed by atoms with Crippen LogP contribution in [0.4, 0.5) is 0 Å².